The van der Waals surface area contributed by atoms with E-state index >= 15 is 9.59 Å². The molecule has 3 aliphatic carbocycles. The van der Waals surface area contributed by atoms with Gasteiger partial charge in [-0.3, -0.25) is 9.59 Å². The molecule has 0 radical (unpaired) electrons. The Hall–Kier alpha value is -12.5. The van der Waals surface area contributed by atoms with E-state index in [1.165, 1.54) is 0 Å². The first-order valence-corrected chi connectivity index (χ1v) is 32.5. The van der Waals surface area contributed by atoms with Gasteiger partial charge in [0.15, 0.2) is 11.6 Å². The van der Waals surface area contributed by atoms with Crippen molar-refractivity contribution < 1.29 is 14.3 Å². The third-order valence-electron chi connectivity index (χ3n) is 16.2. The van der Waals surface area contributed by atoms with Gasteiger partial charge in [-0.2, -0.15) is 0 Å². The molecule has 3 nitrogen and oxygen atoms in total. The van der Waals surface area contributed by atoms with E-state index in [-0.39, 0.29) is 11.6 Å². The molecule has 0 saturated heterocycles. The van der Waals surface area contributed by atoms with Gasteiger partial charge in [0.25, 0.3) is 0 Å². The molecule has 0 amide bonds. The Kier molecular flexibility index (Phi) is 22.6. The van der Waals surface area contributed by atoms with Crippen LogP contribution in [0.25, 0.3) is 50.1 Å². The molecule has 96 heavy (non-hydrogen) atoms. The van der Waals surface area contributed by atoms with Crippen LogP contribution < -0.4 is 4.74 Å². The number of ether oxygens (including phenoxy) is 1. The van der Waals surface area contributed by atoms with Crippen molar-refractivity contribution in [2.75, 3.05) is 0 Å². The minimum absolute atomic E-state index is 0.0386. The fourth-order valence-corrected chi connectivity index (χ4v) is 11.7. The molecule has 0 bridgehead atoms. The largest absolute Gasteiger partial charge is 0.457 e. The van der Waals surface area contributed by atoms with E-state index < -0.39 is 0 Å². The number of terminal acetylenes is 1. The Morgan fingerprint density at radius 3 is 1.02 bits per heavy atom. The lowest BCUT2D eigenvalue weighted by atomic mass is 9.88. The normalized spacial score (nSPS) is 13.0. The SMILES string of the molecule is C#C.C=C/C(C#Cc1ccc(C2=C(c3ccccc3)C(=O)C(c3ccc(-c4ccccc4)cc3)=C2c2ccc(Oc3ccc(C4=C(C5=CCCC=C5)C(=O)C(c5ccc(C#Cc6ccccc6)cc5)=C4c4ccc(C#Cc5ccccc5)cc4)cc3)cc2)cc1)=C\C.CC.CC. The molecule has 0 atom stereocenters. The quantitative estimate of drug-likeness (QED) is 0.0904. The lowest BCUT2D eigenvalue weighted by Crippen LogP contribution is -2.05. The first-order chi connectivity index (χ1) is 47.4. The van der Waals surface area contributed by atoms with Crippen molar-refractivity contribution in [1.82, 2.24) is 0 Å². The topological polar surface area (TPSA) is 43.4 Å². The van der Waals surface area contributed by atoms with Crippen LogP contribution in [-0.2, 0) is 9.59 Å². The zero-order valence-electron chi connectivity index (χ0n) is 54.8. The average Bonchev–Trinajstić information content (AvgIpc) is 1.59. The van der Waals surface area contributed by atoms with Crippen molar-refractivity contribution in [2.45, 2.75) is 47.5 Å². The summed E-state index contributed by atoms with van der Waals surface area (Å²) in [7, 11) is 0. The number of carbonyl (C=O) groups is 2. The highest BCUT2D eigenvalue weighted by Crippen LogP contribution is 2.52. The van der Waals surface area contributed by atoms with Gasteiger partial charge in [0.1, 0.15) is 11.5 Å². The molecular formula is C93H72O3. The smallest absolute Gasteiger partial charge is 0.195 e. The maximum Gasteiger partial charge on any atom is 0.195 e. The zero-order valence-corrected chi connectivity index (χ0v) is 54.8. The van der Waals surface area contributed by atoms with Gasteiger partial charge in [-0.15, -0.1) is 12.8 Å². The number of Topliss-reactive ketones (excluding diaryl/α,β-unsaturated/α-hetero) is 2. The lowest BCUT2D eigenvalue weighted by molar-refractivity contribution is -0.110. The molecule has 0 N–H and O–H groups in total. The standard InChI is InChI=1S/C87H58O3.2C2H6.C2H2/c1-3-60(4-2)30-31-63-36-42-70(43-37-63)78-81(85(87(89)82(78)68-26-16-8-17-27-68)75-50-48-67(49-51-75)66-24-14-7-15-25-66)73-54-58-77(59-55-73)90-76-56-52-72(53-57-76)80-79(71-44-38-64(39-45-71)34-32-61-20-10-5-11-21-61)84(86(88)83(80)69-28-18-9-19-29-69)74-46-40-65(41-47-74)35-33-62-22-12-6-13-23-62;3*1-2/h3-8,10-18,20-29,36-59H,1,9,19H2,2H3;2*1-2H3;1-2H/b60-4+;;;. The minimum atomic E-state index is -0.0535. The Morgan fingerprint density at radius 1 is 0.354 bits per heavy atom. The predicted octanol–water partition coefficient (Wildman–Crippen LogP) is 22.1. The molecule has 0 aromatic heterocycles. The van der Waals surface area contributed by atoms with E-state index in [1.54, 1.807) is 6.08 Å². The first-order valence-electron chi connectivity index (χ1n) is 32.5. The zero-order chi connectivity index (χ0) is 67.2. The molecule has 0 unspecified atom stereocenters. The van der Waals surface area contributed by atoms with Crippen LogP contribution in [0.4, 0.5) is 0 Å². The average molecular weight is 1240 g/mol. The van der Waals surface area contributed by atoms with Gasteiger partial charge >= 0.3 is 0 Å². The van der Waals surface area contributed by atoms with Crippen molar-refractivity contribution in [3.63, 3.8) is 0 Å². The van der Waals surface area contributed by atoms with Crippen molar-refractivity contribution in [3.05, 3.63) is 387 Å². The highest BCUT2D eigenvalue weighted by Gasteiger charge is 2.37. The summed E-state index contributed by atoms with van der Waals surface area (Å²) in [6.07, 6.45) is 19.8. The second-order valence-corrected chi connectivity index (χ2v) is 21.9. The summed E-state index contributed by atoms with van der Waals surface area (Å²) in [5, 5.41) is 0. The number of carbonyl (C=O) groups excluding carboxylic acids is 2. The second-order valence-electron chi connectivity index (χ2n) is 21.9. The number of ketones is 2. The van der Waals surface area contributed by atoms with E-state index in [2.05, 4.69) is 134 Å². The van der Waals surface area contributed by atoms with Crippen LogP contribution in [0.2, 0.25) is 0 Å². The Labute approximate surface area is 567 Å². The molecule has 13 rings (SSSR count). The highest BCUT2D eigenvalue weighted by molar-refractivity contribution is 6.59. The van der Waals surface area contributed by atoms with Crippen LogP contribution in [0, 0.1) is 48.4 Å². The molecule has 3 aliphatic rings. The van der Waals surface area contributed by atoms with Gasteiger partial charge in [0.2, 0.25) is 0 Å². The van der Waals surface area contributed by atoms with Gasteiger partial charge in [-0.25, -0.2) is 0 Å². The molecule has 462 valence electrons. The van der Waals surface area contributed by atoms with Crippen LogP contribution in [0.5, 0.6) is 11.5 Å². The van der Waals surface area contributed by atoms with Crippen LogP contribution in [0.15, 0.2) is 321 Å². The van der Waals surface area contributed by atoms with Gasteiger partial charge in [0, 0.05) is 78.0 Å². The van der Waals surface area contributed by atoms with Gasteiger partial charge < -0.3 is 4.74 Å². The summed E-state index contributed by atoms with van der Waals surface area (Å²) in [6.45, 7) is 13.9. The first kappa shape index (κ1) is 66.4. The van der Waals surface area contributed by atoms with Gasteiger partial charge in [-0.05, 0) is 160 Å². The molecule has 0 saturated carbocycles. The number of hydrogen-bond donors (Lipinski definition) is 0. The summed E-state index contributed by atoms with van der Waals surface area (Å²) in [6, 6.07) is 88.8. The number of rotatable bonds is 12. The lowest BCUT2D eigenvalue weighted by Gasteiger charge is -2.16. The van der Waals surface area contributed by atoms with Gasteiger partial charge in [-0.1, -0.05) is 282 Å². The highest BCUT2D eigenvalue weighted by atomic mass is 16.5. The number of benzene rings is 10. The van der Waals surface area contributed by atoms with Crippen molar-refractivity contribution in [2.24, 2.45) is 0 Å². The molecule has 3 heteroatoms. The maximum absolute atomic E-state index is 15.5. The molecule has 10 aromatic carbocycles. The van der Waals surface area contributed by atoms with Crippen molar-refractivity contribution in [3.8, 4) is 71.0 Å². The number of allylic oxidation sites excluding steroid dienone is 15. The number of hydrogen-bond acceptors (Lipinski definition) is 3. The molecule has 0 heterocycles. The van der Waals surface area contributed by atoms with Crippen LogP contribution in [0.3, 0.4) is 0 Å². The van der Waals surface area contributed by atoms with E-state index in [1.807, 2.05) is 247 Å². The fourth-order valence-electron chi connectivity index (χ4n) is 11.7. The summed E-state index contributed by atoms with van der Waals surface area (Å²) < 4.78 is 6.71. The van der Waals surface area contributed by atoms with Gasteiger partial charge in [0.05, 0.1) is 0 Å². The van der Waals surface area contributed by atoms with Crippen molar-refractivity contribution >= 4 is 50.6 Å². The molecule has 0 spiro atoms. The second kappa shape index (κ2) is 32.7. The van der Waals surface area contributed by atoms with E-state index in [4.69, 9.17) is 4.74 Å². The summed E-state index contributed by atoms with van der Waals surface area (Å²) in [5.41, 5.74) is 20.2. The monoisotopic (exact) mass is 1240 g/mol. The molecule has 10 aromatic rings. The fraction of sp³-hybridized carbons (Fsp3) is 0.0753. The summed E-state index contributed by atoms with van der Waals surface area (Å²) in [4.78, 5) is 30.9. The van der Waals surface area contributed by atoms with Crippen LogP contribution in [0.1, 0.15) is 114 Å². The van der Waals surface area contributed by atoms with Crippen molar-refractivity contribution in [1.29, 1.82) is 0 Å². The Balaban J connectivity index is 0.00000163. The molecular weight excluding hydrogens is 1170 g/mol. The van der Waals surface area contributed by atoms with E-state index in [0.29, 0.717) is 33.8 Å². The predicted molar refractivity (Wildman–Crippen MR) is 403 cm³/mol. The molecule has 0 aliphatic heterocycles. The van der Waals surface area contributed by atoms with E-state index in [9.17, 15) is 0 Å². The Bertz CT molecular complexity index is 4900. The third kappa shape index (κ3) is 15.2. The third-order valence-corrected chi connectivity index (χ3v) is 16.2. The molecule has 0 fully saturated rings. The maximum atomic E-state index is 15.5. The Morgan fingerprint density at radius 2 is 0.646 bits per heavy atom. The van der Waals surface area contributed by atoms with E-state index in [0.717, 1.165) is 124 Å². The van der Waals surface area contributed by atoms with Crippen LogP contribution in [-0.4, -0.2) is 11.6 Å². The summed E-state index contributed by atoms with van der Waals surface area (Å²) in [5.74, 6) is 20.8. The van der Waals surface area contributed by atoms with Crippen LogP contribution >= 0.6 is 0 Å². The summed E-state index contributed by atoms with van der Waals surface area (Å²) >= 11 is 0. The minimum Gasteiger partial charge on any atom is -0.457 e.